The molecule has 4 aromatic rings. The van der Waals surface area contributed by atoms with Gasteiger partial charge in [0.15, 0.2) is 0 Å². The summed E-state index contributed by atoms with van der Waals surface area (Å²) < 4.78 is 3.20. The number of halogens is 1. The maximum Gasteiger partial charge on any atom is 0.0560 e. The molecule has 0 saturated carbocycles. The lowest BCUT2D eigenvalue weighted by atomic mass is 9.94. The summed E-state index contributed by atoms with van der Waals surface area (Å²) in [5.41, 5.74) is 1.14. The highest BCUT2D eigenvalue weighted by molar-refractivity contribution is 14.1. The molecule has 0 spiro atoms. The molecule has 0 radical (unpaired) electrons. The van der Waals surface area contributed by atoms with Crippen molar-refractivity contribution in [2.45, 2.75) is 0 Å². The Morgan fingerprint density at radius 1 is 0.550 bits per heavy atom. The number of nitrogens with one attached hydrogen (secondary N) is 1. The van der Waals surface area contributed by atoms with Crippen molar-refractivity contribution in [2.75, 3.05) is 3.53 Å². The van der Waals surface area contributed by atoms with Crippen LogP contribution in [0.3, 0.4) is 0 Å². The highest BCUT2D eigenvalue weighted by atomic mass is 127. The molecule has 0 heterocycles. The van der Waals surface area contributed by atoms with Crippen LogP contribution in [0.1, 0.15) is 0 Å². The van der Waals surface area contributed by atoms with Gasteiger partial charge in [-0.05, 0) is 44.5 Å². The SMILES string of the molecule is INc1ccc2c3ccccc3c3ccccc3c2c1. The van der Waals surface area contributed by atoms with Crippen molar-refractivity contribution in [3.63, 3.8) is 0 Å². The van der Waals surface area contributed by atoms with Crippen molar-refractivity contribution in [1.29, 1.82) is 0 Å². The molecule has 0 aliphatic rings. The molecule has 1 nitrogen and oxygen atoms in total. The lowest BCUT2D eigenvalue weighted by Crippen LogP contribution is -1.85. The van der Waals surface area contributed by atoms with Crippen molar-refractivity contribution < 1.29 is 0 Å². The van der Waals surface area contributed by atoms with Gasteiger partial charge in [-0.15, -0.1) is 0 Å². The number of anilines is 1. The van der Waals surface area contributed by atoms with E-state index in [0.717, 1.165) is 5.69 Å². The summed E-state index contributed by atoms with van der Waals surface area (Å²) in [4.78, 5) is 0. The fourth-order valence-corrected chi connectivity index (χ4v) is 3.30. The summed E-state index contributed by atoms with van der Waals surface area (Å²) in [6.07, 6.45) is 0. The summed E-state index contributed by atoms with van der Waals surface area (Å²) in [7, 11) is 0. The summed E-state index contributed by atoms with van der Waals surface area (Å²) in [5.74, 6) is 0. The van der Waals surface area contributed by atoms with Gasteiger partial charge in [0, 0.05) is 5.69 Å². The Morgan fingerprint density at radius 2 is 1.00 bits per heavy atom. The predicted molar refractivity (Wildman–Crippen MR) is 96.6 cm³/mol. The topological polar surface area (TPSA) is 12.0 Å². The van der Waals surface area contributed by atoms with E-state index in [1.807, 2.05) is 0 Å². The van der Waals surface area contributed by atoms with Gasteiger partial charge >= 0.3 is 0 Å². The Kier molecular flexibility index (Phi) is 2.77. The first-order valence-corrected chi connectivity index (χ1v) is 7.66. The zero-order valence-corrected chi connectivity index (χ0v) is 12.9. The normalized spacial score (nSPS) is 11.2. The third kappa shape index (κ3) is 1.68. The molecule has 4 rings (SSSR count). The average Bonchev–Trinajstić information content (AvgIpc) is 2.54. The minimum Gasteiger partial charge on any atom is -0.328 e. The molecule has 0 amide bonds. The van der Waals surface area contributed by atoms with Crippen LogP contribution in [0.15, 0.2) is 66.7 Å². The fourth-order valence-electron chi connectivity index (χ4n) is 2.97. The number of rotatable bonds is 1. The molecule has 2 heteroatoms. The Morgan fingerprint density at radius 3 is 1.50 bits per heavy atom. The highest BCUT2D eigenvalue weighted by Crippen LogP contribution is 2.36. The number of hydrogen-bond acceptors (Lipinski definition) is 1. The van der Waals surface area contributed by atoms with Crippen LogP contribution < -0.4 is 3.53 Å². The van der Waals surface area contributed by atoms with Crippen LogP contribution in [0.4, 0.5) is 5.69 Å². The van der Waals surface area contributed by atoms with Crippen LogP contribution >= 0.6 is 22.9 Å². The van der Waals surface area contributed by atoms with Crippen LogP contribution in [0.25, 0.3) is 32.3 Å². The molecule has 0 aliphatic heterocycles. The van der Waals surface area contributed by atoms with E-state index in [9.17, 15) is 0 Å². The summed E-state index contributed by atoms with van der Waals surface area (Å²) in [6.45, 7) is 0. The van der Waals surface area contributed by atoms with Crippen LogP contribution in [-0.4, -0.2) is 0 Å². The number of hydrogen-bond donors (Lipinski definition) is 1. The first-order valence-electron chi connectivity index (χ1n) is 6.58. The van der Waals surface area contributed by atoms with Crippen molar-refractivity contribution >= 4 is 60.9 Å². The van der Waals surface area contributed by atoms with Gasteiger partial charge in [0.2, 0.25) is 0 Å². The van der Waals surface area contributed by atoms with Crippen LogP contribution in [0.2, 0.25) is 0 Å². The van der Waals surface area contributed by atoms with E-state index >= 15 is 0 Å². The number of fused-ring (bicyclic) bond motifs is 6. The molecule has 0 aromatic heterocycles. The zero-order chi connectivity index (χ0) is 13.5. The molecule has 0 unspecified atom stereocenters. The van der Waals surface area contributed by atoms with Gasteiger partial charge < -0.3 is 3.53 Å². The lowest BCUT2D eigenvalue weighted by Gasteiger charge is -2.11. The zero-order valence-electron chi connectivity index (χ0n) is 10.7. The average molecular weight is 369 g/mol. The lowest BCUT2D eigenvalue weighted by molar-refractivity contribution is 1.76. The van der Waals surface area contributed by atoms with E-state index in [1.165, 1.54) is 32.3 Å². The van der Waals surface area contributed by atoms with Crippen molar-refractivity contribution in [3.05, 3.63) is 66.7 Å². The van der Waals surface area contributed by atoms with Crippen LogP contribution in [0, 0.1) is 0 Å². The maximum atomic E-state index is 3.20. The molecule has 0 fully saturated rings. The maximum absolute atomic E-state index is 3.20. The first kappa shape index (κ1) is 12.0. The van der Waals surface area contributed by atoms with Gasteiger partial charge in [-0.3, -0.25) is 0 Å². The van der Waals surface area contributed by atoms with Gasteiger partial charge in [-0.1, -0.05) is 54.6 Å². The minimum atomic E-state index is 1.14. The quantitative estimate of drug-likeness (QED) is 0.250. The third-order valence-corrected chi connectivity index (χ3v) is 4.48. The molecule has 0 aliphatic carbocycles. The van der Waals surface area contributed by atoms with Gasteiger partial charge in [-0.25, -0.2) is 0 Å². The third-order valence-electron chi connectivity index (χ3n) is 3.85. The predicted octanol–water partition coefficient (Wildman–Crippen LogP) is 5.91. The molecular formula is C18H12IN. The molecule has 20 heavy (non-hydrogen) atoms. The Labute approximate surface area is 131 Å². The Bertz CT molecular complexity index is 908. The van der Waals surface area contributed by atoms with E-state index in [4.69, 9.17) is 0 Å². The van der Waals surface area contributed by atoms with Crippen molar-refractivity contribution in [1.82, 2.24) is 0 Å². The standard InChI is InChI=1S/C18H12IN/c19-20-12-9-10-17-15-7-2-1-5-13(15)14-6-3-4-8-16(14)18(17)11-12/h1-11,20H. The summed E-state index contributed by atoms with van der Waals surface area (Å²) >= 11 is 2.18. The van der Waals surface area contributed by atoms with Crippen LogP contribution in [0.5, 0.6) is 0 Å². The second-order valence-corrected chi connectivity index (χ2v) is 5.49. The number of benzene rings is 4. The molecule has 0 bridgehead atoms. The van der Waals surface area contributed by atoms with E-state index in [2.05, 4.69) is 93.1 Å². The smallest absolute Gasteiger partial charge is 0.0560 e. The Hall–Kier alpha value is -1.81. The van der Waals surface area contributed by atoms with E-state index in [1.54, 1.807) is 0 Å². The highest BCUT2D eigenvalue weighted by Gasteiger charge is 2.07. The van der Waals surface area contributed by atoms with E-state index in [-0.39, 0.29) is 0 Å². The van der Waals surface area contributed by atoms with Crippen molar-refractivity contribution in [2.24, 2.45) is 0 Å². The molecular weight excluding hydrogens is 357 g/mol. The second-order valence-electron chi connectivity index (χ2n) is 4.95. The minimum absolute atomic E-state index is 1.14. The monoisotopic (exact) mass is 369 g/mol. The summed E-state index contributed by atoms with van der Waals surface area (Å²) in [6, 6.07) is 23.9. The van der Waals surface area contributed by atoms with Crippen molar-refractivity contribution in [3.8, 4) is 0 Å². The van der Waals surface area contributed by atoms with Gasteiger partial charge in [-0.2, -0.15) is 0 Å². The van der Waals surface area contributed by atoms with E-state index in [0.29, 0.717) is 0 Å². The molecule has 0 saturated heterocycles. The second kappa shape index (κ2) is 4.63. The first-order chi connectivity index (χ1) is 9.88. The Balaban J connectivity index is 2.35. The fraction of sp³-hybridized carbons (Fsp3) is 0. The molecule has 0 atom stereocenters. The molecule has 96 valence electrons. The van der Waals surface area contributed by atoms with Crippen LogP contribution in [-0.2, 0) is 0 Å². The summed E-state index contributed by atoms with van der Waals surface area (Å²) in [5, 5.41) is 7.90. The largest absolute Gasteiger partial charge is 0.328 e. The van der Waals surface area contributed by atoms with Gasteiger partial charge in [0.25, 0.3) is 0 Å². The van der Waals surface area contributed by atoms with Gasteiger partial charge in [0.1, 0.15) is 0 Å². The van der Waals surface area contributed by atoms with Gasteiger partial charge in [0.05, 0.1) is 22.9 Å². The van der Waals surface area contributed by atoms with E-state index < -0.39 is 0 Å². The molecule has 4 aromatic carbocycles. The molecule has 1 N–H and O–H groups in total.